The first-order valence-electron chi connectivity index (χ1n) is 10.6. The predicted octanol–water partition coefficient (Wildman–Crippen LogP) is 3.01. The third kappa shape index (κ3) is 5.47. The number of unbranched alkanes of at least 4 members (excludes halogenated alkanes) is 2. The van der Waals surface area contributed by atoms with E-state index in [4.69, 9.17) is 4.74 Å². The Balaban J connectivity index is 1.94. The van der Waals surface area contributed by atoms with Gasteiger partial charge in [0.05, 0.1) is 24.4 Å². The van der Waals surface area contributed by atoms with E-state index in [1.165, 1.54) is 7.11 Å². The van der Waals surface area contributed by atoms with E-state index in [-0.39, 0.29) is 23.7 Å². The van der Waals surface area contributed by atoms with Crippen LogP contribution in [0.2, 0.25) is 0 Å². The minimum atomic E-state index is -0.436. The van der Waals surface area contributed by atoms with Gasteiger partial charge in [0.2, 0.25) is 5.91 Å². The highest BCUT2D eigenvalue weighted by molar-refractivity contribution is 6.03. The van der Waals surface area contributed by atoms with Gasteiger partial charge in [0.1, 0.15) is 0 Å². The number of hydrogen-bond acceptors (Lipinski definition) is 5. The number of likely N-dealkylation sites (tertiary alicyclic amines) is 1. The number of hydrogen-bond donors (Lipinski definition) is 2. The Morgan fingerprint density at radius 3 is 2.45 bits per heavy atom. The fraction of sp³-hybridized carbons (Fsp3) is 0.682. The Kier molecular flexibility index (Phi) is 8.44. The molecule has 7 heteroatoms. The summed E-state index contributed by atoms with van der Waals surface area (Å²) in [4.78, 5) is 42.5. The number of carbonyl (C=O) groups excluding carboxylic acids is 3. The lowest BCUT2D eigenvalue weighted by atomic mass is 9.93. The van der Waals surface area contributed by atoms with Gasteiger partial charge in [0.15, 0.2) is 5.78 Å². The van der Waals surface area contributed by atoms with Gasteiger partial charge in [-0.25, -0.2) is 4.79 Å². The minimum Gasteiger partial charge on any atom is -0.465 e. The molecule has 1 aliphatic heterocycles. The van der Waals surface area contributed by atoms with Crippen molar-refractivity contribution in [2.45, 2.75) is 65.8 Å². The molecule has 0 saturated carbocycles. The second kappa shape index (κ2) is 10.6. The van der Waals surface area contributed by atoms with Gasteiger partial charge in [-0.3, -0.25) is 14.5 Å². The SMILES string of the molecule is CCCCCNC(=O)C1CCN(C(C)C(=O)c2[nH]c(C)c(C(=O)OC)c2C)CC1. The van der Waals surface area contributed by atoms with Crippen LogP contribution in [0, 0.1) is 19.8 Å². The molecule has 1 aromatic heterocycles. The second-order valence-corrected chi connectivity index (χ2v) is 7.97. The quantitative estimate of drug-likeness (QED) is 0.374. The summed E-state index contributed by atoms with van der Waals surface area (Å²) < 4.78 is 4.82. The fourth-order valence-electron chi connectivity index (χ4n) is 4.06. The second-order valence-electron chi connectivity index (χ2n) is 7.97. The van der Waals surface area contributed by atoms with Crippen molar-refractivity contribution >= 4 is 17.7 Å². The summed E-state index contributed by atoms with van der Waals surface area (Å²) in [5, 5.41) is 3.04. The number of esters is 1. The summed E-state index contributed by atoms with van der Waals surface area (Å²) in [7, 11) is 1.34. The van der Waals surface area contributed by atoms with E-state index in [0.29, 0.717) is 35.6 Å². The van der Waals surface area contributed by atoms with Crippen molar-refractivity contribution in [3.05, 3.63) is 22.5 Å². The average molecular weight is 406 g/mol. The summed E-state index contributed by atoms with van der Waals surface area (Å²) >= 11 is 0. The number of nitrogens with zero attached hydrogens (tertiary/aromatic N) is 1. The van der Waals surface area contributed by atoms with E-state index in [1.54, 1.807) is 13.8 Å². The lowest BCUT2D eigenvalue weighted by Gasteiger charge is -2.34. The van der Waals surface area contributed by atoms with Gasteiger partial charge < -0.3 is 15.0 Å². The molecule has 2 heterocycles. The van der Waals surface area contributed by atoms with E-state index >= 15 is 0 Å². The average Bonchev–Trinajstić information content (AvgIpc) is 3.03. The standard InChI is InChI=1S/C22H35N3O4/c1-6-7-8-11-23-21(27)17-9-12-25(13-10-17)16(4)20(26)19-14(2)18(15(3)24-19)22(28)29-5/h16-17,24H,6-13H2,1-5H3,(H,23,27). The summed E-state index contributed by atoms with van der Waals surface area (Å²) in [6, 6.07) is -0.314. The molecule has 2 rings (SSSR count). The van der Waals surface area contributed by atoms with Crippen LogP contribution in [0.3, 0.4) is 0 Å². The van der Waals surface area contributed by atoms with Crippen molar-refractivity contribution in [1.82, 2.24) is 15.2 Å². The lowest BCUT2D eigenvalue weighted by molar-refractivity contribution is -0.126. The fourth-order valence-corrected chi connectivity index (χ4v) is 4.06. The summed E-state index contributed by atoms with van der Waals surface area (Å²) in [6.45, 7) is 9.74. The third-order valence-electron chi connectivity index (χ3n) is 5.98. The number of aromatic amines is 1. The maximum absolute atomic E-state index is 13.1. The van der Waals surface area contributed by atoms with Gasteiger partial charge in [-0.2, -0.15) is 0 Å². The number of Topliss-reactive ketones (excluding diaryl/α,β-unsaturated/α-hetero) is 1. The number of ether oxygens (including phenoxy) is 1. The zero-order valence-corrected chi connectivity index (χ0v) is 18.4. The zero-order chi connectivity index (χ0) is 21.6. The molecule has 7 nitrogen and oxygen atoms in total. The van der Waals surface area contributed by atoms with Crippen LogP contribution in [0.1, 0.15) is 78.1 Å². The smallest absolute Gasteiger partial charge is 0.339 e. The molecule has 1 amide bonds. The van der Waals surface area contributed by atoms with Crippen molar-refractivity contribution in [3.63, 3.8) is 0 Å². The van der Waals surface area contributed by atoms with Crippen LogP contribution >= 0.6 is 0 Å². The normalized spacial score (nSPS) is 16.4. The Hall–Kier alpha value is -2.15. The highest BCUT2D eigenvalue weighted by atomic mass is 16.5. The highest BCUT2D eigenvalue weighted by Gasteiger charge is 2.32. The molecule has 29 heavy (non-hydrogen) atoms. The summed E-state index contributed by atoms with van der Waals surface area (Å²) in [5.41, 5.74) is 2.17. The van der Waals surface area contributed by atoms with Crippen molar-refractivity contribution in [3.8, 4) is 0 Å². The molecule has 2 N–H and O–H groups in total. The van der Waals surface area contributed by atoms with Gasteiger partial charge >= 0.3 is 5.97 Å². The molecule has 1 unspecified atom stereocenters. The van der Waals surface area contributed by atoms with E-state index < -0.39 is 5.97 Å². The molecule has 1 aromatic rings. The summed E-state index contributed by atoms with van der Waals surface area (Å²) in [5.74, 6) is -0.314. The van der Waals surface area contributed by atoms with Crippen LogP contribution in [-0.4, -0.2) is 60.3 Å². The molecule has 1 aliphatic rings. The number of piperidine rings is 1. The lowest BCUT2D eigenvalue weighted by Crippen LogP contribution is -2.46. The number of aromatic nitrogens is 1. The largest absolute Gasteiger partial charge is 0.465 e. The first kappa shape index (κ1) is 23.1. The van der Waals surface area contributed by atoms with E-state index in [9.17, 15) is 14.4 Å². The van der Waals surface area contributed by atoms with Gasteiger partial charge in [-0.05, 0) is 58.7 Å². The number of methoxy groups -OCH3 is 1. The minimum absolute atomic E-state index is 0.0237. The topological polar surface area (TPSA) is 91.5 Å². The molecule has 162 valence electrons. The van der Waals surface area contributed by atoms with E-state index in [2.05, 4.69) is 22.1 Å². The molecular weight excluding hydrogens is 370 g/mol. The molecule has 0 aromatic carbocycles. The molecule has 1 atom stereocenters. The van der Waals surface area contributed by atoms with Crippen LogP contribution < -0.4 is 5.32 Å². The van der Waals surface area contributed by atoms with Gasteiger partial charge in [0, 0.05) is 18.2 Å². The van der Waals surface area contributed by atoms with E-state index in [0.717, 1.165) is 38.6 Å². The van der Waals surface area contributed by atoms with Crippen LogP contribution in [0.15, 0.2) is 0 Å². The number of carbonyl (C=O) groups is 3. The Morgan fingerprint density at radius 2 is 1.86 bits per heavy atom. The van der Waals surface area contributed by atoms with Crippen molar-refractivity contribution < 1.29 is 19.1 Å². The zero-order valence-electron chi connectivity index (χ0n) is 18.4. The van der Waals surface area contributed by atoms with Crippen LogP contribution in [0.4, 0.5) is 0 Å². The number of nitrogens with one attached hydrogen (secondary N) is 2. The maximum atomic E-state index is 13.1. The van der Waals surface area contributed by atoms with Crippen LogP contribution in [-0.2, 0) is 9.53 Å². The first-order chi connectivity index (χ1) is 13.8. The number of ketones is 1. The molecular formula is C22H35N3O4. The Labute approximate surface area is 173 Å². The van der Waals surface area contributed by atoms with Crippen LogP contribution in [0.5, 0.6) is 0 Å². The summed E-state index contributed by atoms with van der Waals surface area (Å²) in [6.07, 6.45) is 4.81. The molecule has 1 fully saturated rings. The Bertz CT molecular complexity index is 733. The van der Waals surface area contributed by atoms with Gasteiger partial charge in [0.25, 0.3) is 0 Å². The number of amides is 1. The highest BCUT2D eigenvalue weighted by Crippen LogP contribution is 2.24. The molecule has 0 aliphatic carbocycles. The van der Waals surface area contributed by atoms with Crippen molar-refractivity contribution in [2.75, 3.05) is 26.7 Å². The number of aryl methyl sites for hydroxylation is 1. The molecule has 1 saturated heterocycles. The first-order valence-corrected chi connectivity index (χ1v) is 10.6. The number of H-pyrrole nitrogens is 1. The molecule has 0 bridgehead atoms. The van der Waals surface area contributed by atoms with Crippen molar-refractivity contribution in [2.24, 2.45) is 5.92 Å². The van der Waals surface area contributed by atoms with Gasteiger partial charge in [-0.1, -0.05) is 19.8 Å². The monoisotopic (exact) mass is 405 g/mol. The molecule has 0 radical (unpaired) electrons. The third-order valence-corrected chi connectivity index (χ3v) is 5.98. The van der Waals surface area contributed by atoms with E-state index in [1.807, 2.05) is 6.92 Å². The van der Waals surface area contributed by atoms with Gasteiger partial charge in [-0.15, -0.1) is 0 Å². The predicted molar refractivity (Wildman–Crippen MR) is 112 cm³/mol. The maximum Gasteiger partial charge on any atom is 0.339 e. The number of rotatable bonds is 9. The molecule has 0 spiro atoms. The van der Waals surface area contributed by atoms with Crippen molar-refractivity contribution in [1.29, 1.82) is 0 Å². The Morgan fingerprint density at radius 1 is 1.21 bits per heavy atom. The van der Waals surface area contributed by atoms with Crippen LogP contribution in [0.25, 0.3) is 0 Å².